The summed E-state index contributed by atoms with van der Waals surface area (Å²) in [6.45, 7) is 0. The molecule has 0 amide bonds. The Morgan fingerprint density at radius 2 is 1.08 bits per heavy atom. The number of anilines is 2. The maximum Gasteiger partial charge on any atom is 0.144 e. The monoisotopic (exact) mass is 774 g/mol. The lowest BCUT2D eigenvalue weighted by atomic mass is 9.84. The van der Waals surface area contributed by atoms with Gasteiger partial charge in [0.2, 0.25) is 0 Å². The first kappa shape index (κ1) is 34.9. The second-order valence-electron chi connectivity index (χ2n) is 15.0. The molecule has 280 valence electrons. The number of allylic oxidation sites excluding steroid dienone is 4. The van der Waals surface area contributed by atoms with Gasteiger partial charge >= 0.3 is 0 Å². The number of hydrogen-bond donors (Lipinski definition) is 0. The highest BCUT2D eigenvalue weighted by Crippen LogP contribution is 2.47. The zero-order chi connectivity index (χ0) is 39.1. The summed E-state index contributed by atoms with van der Waals surface area (Å²) < 4.78 is 7.84. The number of nitrogens with zero attached hydrogens (tertiary/aromatic N) is 2. The molecule has 10 aromatic rings. The summed E-state index contributed by atoms with van der Waals surface area (Å²) in [4.78, 5) is 7.67. The molecule has 0 saturated carbocycles. The van der Waals surface area contributed by atoms with E-state index < -0.39 is 0 Å². The third kappa shape index (κ3) is 6.44. The lowest BCUT2D eigenvalue weighted by molar-refractivity contribution is 0.670. The van der Waals surface area contributed by atoms with Gasteiger partial charge in [0.1, 0.15) is 16.2 Å². The second-order valence-corrected chi connectivity index (χ2v) is 16.0. The molecule has 0 spiro atoms. The van der Waals surface area contributed by atoms with Crippen LogP contribution in [-0.2, 0) is 0 Å². The van der Waals surface area contributed by atoms with Crippen LogP contribution in [0.4, 0.5) is 11.4 Å². The van der Waals surface area contributed by atoms with Crippen molar-refractivity contribution in [3.63, 3.8) is 0 Å². The van der Waals surface area contributed by atoms with Crippen LogP contribution in [0.15, 0.2) is 222 Å². The Morgan fingerprint density at radius 3 is 1.76 bits per heavy atom. The highest BCUT2D eigenvalue weighted by atomic mass is 32.1. The van der Waals surface area contributed by atoms with Crippen molar-refractivity contribution in [3.8, 4) is 32.8 Å². The van der Waals surface area contributed by atoms with Gasteiger partial charge in [-0.3, -0.25) is 0 Å². The van der Waals surface area contributed by atoms with Crippen molar-refractivity contribution in [2.45, 2.75) is 12.3 Å². The number of rotatable bonds is 8. The van der Waals surface area contributed by atoms with E-state index >= 15 is 0 Å². The molecule has 0 bridgehead atoms. The molecule has 1 aliphatic rings. The van der Waals surface area contributed by atoms with E-state index in [1.165, 1.54) is 33.5 Å². The van der Waals surface area contributed by atoms with E-state index in [1.807, 2.05) is 12.1 Å². The van der Waals surface area contributed by atoms with Gasteiger partial charge in [0.05, 0.1) is 10.2 Å². The standard InChI is InChI=1S/C55H38N2OS/c1-5-15-37(16-6-1)39-25-30-44(31-26-39)57(50-35-43(38-17-7-2-8-18-38)29-34-46(50)40-19-9-3-10-20-40)45-32-27-41(28-33-45)52-53-48(47-23-13-14-24-51(47)58-53)36-49-54(52)59-55(56-49)42-21-11-4-12-22-42/h1-33,35-36,46H,34H2. The zero-order valence-corrected chi connectivity index (χ0v) is 33.0. The van der Waals surface area contributed by atoms with Gasteiger partial charge in [0, 0.05) is 44.9 Å². The Morgan fingerprint density at radius 1 is 0.525 bits per heavy atom. The molecule has 2 aromatic heterocycles. The average molecular weight is 775 g/mol. The molecular weight excluding hydrogens is 737 g/mol. The van der Waals surface area contributed by atoms with E-state index in [-0.39, 0.29) is 5.92 Å². The maximum atomic E-state index is 6.72. The van der Waals surface area contributed by atoms with Crippen molar-refractivity contribution in [3.05, 3.63) is 229 Å². The molecule has 1 aliphatic carbocycles. The van der Waals surface area contributed by atoms with Gasteiger partial charge in [0.25, 0.3) is 0 Å². The number of thiazole rings is 1. The fourth-order valence-corrected chi connectivity index (χ4v) is 9.71. The van der Waals surface area contributed by atoms with Crippen LogP contribution in [0, 0.1) is 0 Å². The summed E-state index contributed by atoms with van der Waals surface area (Å²) in [6, 6.07) is 71.3. The molecule has 1 unspecified atom stereocenters. The van der Waals surface area contributed by atoms with Crippen LogP contribution in [0.2, 0.25) is 0 Å². The first-order valence-electron chi connectivity index (χ1n) is 20.1. The number of furan rings is 1. The van der Waals surface area contributed by atoms with E-state index in [0.29, 0.717) is 0 Å². The van der Waals surface area contributed by atoms with Crippen LogP contribution < -0.4 is 4.90 Å². The molecular formula is C55H38N2OS. The van der Waals surface area contributed by atoms with Crippen LogP contribution in [0.5, 0.6) is 0 Å². The van der Waals surface area contributed by atoms with Crippen LogP contribution in [0.25, 0.3) is 70.6 Å². The first-order chi connectivity index (χ1) is 29.2. The maximum absolute atomic E-state index is 6.72. The highest BCUT2D eigenvalue weighted by Gasteiger charge is 2.28. The van der Waals surface area contributed by atoms with Crippen molar-refractivity contribution < 1.29 is 4.42 Å². The third-order valence-electron chi connectivity index (χ3n) is 11.5. The fraction of sp³-hybridized carbons (Fsp3) is 0.0364. The molecule has 3 nitrogen and oxygen atoms in total. The van der Waals surface area contributed by atoms with Gasteiger partial charge in [0.15, 0.2) is 0 Å². The number of para-hydroxylation sites is 1. The van der Waals surface area contributed by atoms with E-state index in [9.17, 15) is 0 Å². The van der Waals surface area contributed by atoms with Crippen LogP contribution in [0.3, 0.4) is 0 Å². The van der Waals surface area contributed by atoms with E-state index in [0.717, 1.165) is 71.6 Å². The molecule has 0 aliphatic heterocycles. The van der Waals surface area contributed by atoms with E-state index in [1.54, 1.807) is 11.3 Å². The Balaban J connectivity index is 1.09. The summed E-state index contributed by atoms with van der Waals surface area (Å²) in [5.74, 6) is 0.148. The minimum Gasteiger partial charge on any atom is -0.455 e. The summed E-state index contributed by atoms with van der Waals surface area (Å²) in [5.41, 5.74) is 15.6. The van der Waals surface area contributed by atoms with Crippen LogP contribution >= 0.6 is 11.3 Å². The molecule has 0 radical (unpaired) electrons. The molecule has 2 heterocycles. The normalized spacial score (nSPS) is 14.1. The predicted molar refractivity (Wildman–Crippen MR) is 248 cm³/mol. The topological polar surface area (TPSA) is 29.3 Å². The number of benzene rings is 8. The second kappa shape index (κ2) is 14.9. The molecule has 11 rings (SSSR count). The molecule has 1 atom stereocenters. The molecule has 8 aromatic carbocycles. The molecule has 59 heavy (non-hydrogen) atoms. The Bertz CT molecular complexity index is 3150. The van der Waals surface area contributed by atoms with Crippen molar-refractivity contribution in [2.24, 2.45) is 0 Å². The molecule has 0 fully saturated rings. The highest BCUT2D eigenvalue weighted by molar-refractivity contribution is 7.22. The van der Waals surface area contributed by atoms with Crippen LogP contribution in [0.1, 0.15) is 23.5 Å². The van der Waals surface area contributed by atoms with Crippen molar-refractivity contribution in [2.75, 3.05) is 4.90 Å². The summed E-state index contributed by atoms with van der Waals surface area (Å²) in [5, 5.41) is 3.18. The molecule has 0 N–H and O–H groups in total. The van der Waals surface area contributed by atoms with Crippen molar-refractivity contribution >= 4 is 60.4 Å². The van der Waals surface area contributed by atoms with Gasteiger partial charge in [-0.1, -0.05) is 170 Å². The summed E-state index contributed by atoms with van der Waals surface area (Å²) in [7, 11) is 0. The molecule has 0 saturated heterocycles. The van der Waals surface area contributed by atoms with E-state index in [2.05, 4.69) is 205 Å². The van der Waals surface area contributed by atoms with Gasteiger partial charge in [-0.25, -0.2) is 4.98 Å². The summed E-state index contributed by atoms with van der Waals surface area (Å²) >= 11 is 1.73. The van der Waals surface area contributed by atoms with Crippen LogP contribution in [-0.4, -0.2) is 4.98 Å². The Hall–Kier alpha value is -7.27. The fourth-order valence-electron chi connectivity index (χ4n) is 8.60. The molecule has 4 heteroatoms. The lowest BCUT2D eigenvalue weighted by Gasteiger charge is -2.35. The average Bonchev–Trinajstić information content (AvgIpc) is 3.92. The Labute approximate surface area is 347 Å². The van der Waals surface area contributed by atoms with Gasteiger partial charge in [-0.15, -0.1) is 11.3 Å². The smallest absolute Gasteiger partial charge is 0.144 e. The number of fused-ring (bicyclic) bond motifs is 4. The first-order valence-corrected chi connectivity index (χ1v) is 21.0. The number of aromatic nitrogens is 1. The summed E-state index contributed by atoms with van der Waals surface area (Å²) in [6.07, 6.45) is 5.68. The number of hydrogen-bond acceptors (Lipinski definition) is 4. The zero-order valence-electron chi connectivity index (χ0n) is 32.2. The van der Waals surface area contributed by atoms with E-state index in [4.69, 9.17) is 9.40 Å². The largest absolute Gasteiger partial charge is 0.455 e. The predicted octanol–water partition coefficient (Wildman–Crippen LogP) is 15.5. The minimum absolute atomic E-state index is 0.148. The minimum atomic E-state index is 0.148. The van der Waals surface area contributed by atoms with Crippen molar-refractivity contribution in [1.82, 2.24) is 4.98 Å². The SMILES string of the molecule is C1=C(c2ccccc2)C=C(N(c2ccc(-c3ccccc3)cc2)c2ccc(-c3c4oc5ccccc5c4cc4nc(-c5ccccc5)sc34)cc2)C(c2ccccc2)C1. The van der Waals surface area contributed by atoms with Crippen molar-refractivity contribution in [1.29, 1.82) is 0 Å². The van der Waals surface area contributed by atoms with Gasteiger partial charge in [-0.2, -0.15) is 0 Å². The third-order valence-corrected chi connectivity index (χ3v) is 12.6. The Kier molecular flexibility index (Phi) is 8.83. The van der Waals surface area contributed by atoms with Gasteiger partial charge in [-0.05, 0) is 82.3 Å². The quantitative estimate of drug-likeness (QED) is 0.154. The lowest BCUT2D eigenvalue weighted by Crippen LogP contribution is -2.23. The van der Waals surface area contributed by atoms with Gasteiger partial charge < -0.3 is 9.32 Å².